The highest BCUT2D eigenvalue weighted by molar-refractivity contribution is 5.00. The number of nitrogens with zero attached hydrogens (tertiary/aromatic N) is 1. The van der Waals surface area contributed by atoms with E-state index in [1.807, 2.05) is 0 Å². The van der Waals surface area contributed by atoms with E-state index in [1.54, 1.807) is 0 Å². The normalized spacial score (nSPS) is 11.8. The van der Waals surface area contributed by atoms with Gasteiger partial charge in [0.05, 0.1) is 6.54 Å². The maximum Gasteiger partial charge on any atom is 0.401 e. The number of aromatic amines is 1. The van der Waals surface area contributed by atoms with Crippen molar-refractivity contribution < 1.29 is 13.2 Å². The summed E-state index contributed by atoms with van der Waals surface area (Å²) >= 11 is 0. The number of rotatable bonds is 4. The third kappa shape index (κ3) is 4.43. The second-order valence-electron chi connectivity index (χ2n) is 3.56. The second kappa shape index (κ2) is 5.17. The summed E-state index contributed by atoms with van der Waals surface area (Å²) in [5, 5.41) is 2.16. The SMILES string of the molecule is Cc1cn(CCNCC(F)(F)F)c(=O)[nH]c1=O. The number of hydrogen-bond donors (Lipinski definition) is 2. The molecule has 17 heavy (non-hydrogen) atoms. The van der Waals surface area contributed by atoms with Gasteiger partial charge in [0.2, 0.25) is 0 Å². The van der Waals surface area contributed by atoms with E-state index in [9.17, 15) is 22.8 Å². The van der Waals surface area contributed by atoms with Crippen LogP contribution in [0.25, 0.3) is 0 Å². The first kappa shape index (κ1) is 13.5. The number of H-pyrrole nitrogens is 1. The number of aryl methyl sites for hydroxylation is 1. The van der Waals surface area contributed by atoms with Crippen LogP contribution in [0.15, 0.2) is 15.8 Å². The highest BCUT2D eigenvalue weighted by atomic mass is 19.4. The molecule has 5 nitrogen and oxygen atoms in total. The van der Waals surface area contributed by atoms with E-state index < -0.39 is 24.0 Å². The molecule has 1 rings (SSSR count). The molecule has 0 spiro atoms. The van der Waals surface area contributed by atoms with Crippen molar-refractivity contribution in [1.29, 1.82) is 0 Å². The van der Waals surface area contributed by atoms with Crippen molar-refractivity contribution in [2.75, 3.05) is 13.1 Å². The quantitative estimate of drug-likeness (QED) is 0.740. The topological polar surface area (TPSA) is 66.9 Å². The molecule has 0 aromatic carbocycles. The number of halogens is 3. The van der Waals surface area contributed by atoms with Crippen molar-refractivity contribution in [1.82, 2.24) is 14.9 Å². The van der Waals surface area contributed by atoms with Gasteiger partial charge in [0, 0.05) is 24.8 Å². The average Bonchev–Trinajstić information content (AvgIpc) is 2.18. The Morgan fingerprint density at radius 1 is 1.41 bits per heavy atom. The van der Waals surface area contributed by atoms with E-state index in [0.29, 0.717) is 5.56 Å². The van der Waals surface area contributed by atoms with Gasteiger partial charge in [-0.15, -0.1) is 0 Å². The molecule has 0 bridgehead atoms. The fourth-order valence-corrected chi connectivity index (χ4v) is 1.21. The maximum absolute atomic E-state index is 11.8. The Bertz CT molecular complexity index is 489. The van der Waals surface area contributed by atoms with E-state index in [4.69, 9.17) is 0 Å². The van der Waals surface area contributed by atoms with Crippen LogP contribution < -0.4 is 16.6 Å². The summed E-state index contributed by atoms with van der Waals surface area (Å²) in [5.74, 6) is 0. The lowest BCUT2D eigenvalue weighted by Crippen LogP contribution is -2.36. The van der Waals surface area contributed by atoms with Crippen LogP contribution in [-0.2, 0) is 6.54 Å². The molecule has 0 saturated heterocycles. The predicted molar refractivity (Wildman–Crippen MR) is 55.0 cm³/mol. The fraction of sp³-hybridized carbons (Fsp3) is 0.556. The highest BCUT2D eigenvalue weighted by Gasteiger charge is 2.25. The molecule has 8 heteroatoms. The molecule has 1 aromatic heterocycles. The van der Waals surface area contributed by atoms with Crippen LogP contribution in [0.4, 0.5) is 13.2 Å². The number of nitrogens with one attached hydrogen (secondary N) is 2. The molecule has 0 unspecified atom stereocenters. The zero-order valence-electron chi connectivity index (χ0n) is 9.10. The van der Waals surface area contributed by atoms with Crippen LogP contribution >= 0.6 is 0 Å². The molecule has 1 aromatic rings. The fourth-order valence-electron chi connectivity index (χ4n) is 1.21. The third-order valence-electron chi connectivity index (χ3n) is 2.04. The molecule has 0 fully saturated rings. The molecule has 0 aliphatic rings. The van der Waals surface area contributed by atoms with Crippen LogP contribution in [0.5, 0.6) is 0 Å². The standard InChI is InChI=1S/C9H12F3N3O2/c1-6-4-15(8(17)14-7(6)16)3-2-13-5-9(10,11)12/h4,13H,2-3,5H2,1H3,(H,14,16,17). The van der Waals surface area contributed by atoms with Gasteiger partial charge in [0.15, 0.2) is 0 Å². The monoisotopic (exact) mass is 251 g/mol. The summed E-state index contributed by atoms with van der Waals surface area (Å²) < 4.78 is 36.6. The molecular weight excluding hydrogens is 239 g/mol. The van der Waals surface area contributed by atoms with Crippen LogP contribution in [0, 0.1) is 6.92 Å². The Hall–Kier alpha value is -1.57. The summed E-state index contributed by atoms with van der Waals surface area (Å²) in [4.78, 5) is 24.3. The average molecular weight is 251 g/mol. The molecule has 0 amide bonds. The zero-order chi connectivity index (χ0) is 13.1. The predicted octanol–water partition coefficient (Wildman–Crippen LogP) is -0.00308. The summed E-state index contributed by atoms with van der Waals surface area (Å²) in [7, 11) is 0. The summed E-state index contributed by atoms with van der Waals surface area (Å²) in [6.45, 7) is 0.458. The minimum atomic E-state index is -4.27. The first-order chi connectivity index (χ1) is 7.79. The van der Waals surface area contributed by atoms with E-state index in [1.165, 1.54) is 13.1 Å². The molecule has 0 atom stereocenters. The third-order valence-corrected chi connectivity index (χ3v) is 2.04. The Morgan fingerprint density at radius 2 is 2.06 bits per heavy atom. The van der Waals surface area contributed by atoms with Crippen molar-refractivity contribution in [3.05, 3.63) is 32.6 Å². The first-order valence-electron chi connectivity index (χ1n) is 4.87. The van der Waals surface area contributed by atoms with Crippen molar-refractivity contribution in [2.24, 2.45) is 0 Å². The van der Waals surface area contributed by atoms with Crippen molar-refractivity contribution in [2.45, 2.75) is 19.6 Å². The van der Waals surface area contributed by atoms with Gasteiger partial charge in [0.1, 0.15) is 0 Å². The molecule has 0 aliphatic heterocycles. The molecule has 0 radical (unpaired) electrons. The molecule has 1 heterocycles. The lowest BCUT2D eigenvalue weighted by atomic mass is 10.4. The van der Waals surface area contributed by atoms with Crippen LogP contribution in [0.2, 0.25) is 0 Å². The lowest BCUT2D eigenvalue weighted by Gasteiger charge is -2.09. The van der Waals surface area contributed by atoms with E-state index in [-0.39, 0.29) is 13.1 Å². The van der Waals surface area contributed by atoms with E-state index in [0.717, 1.165) is 4.57 Å². The molecule has 0 aliphatic carbocycles. The maximum atomic E-state index is 11.8. The van der Waals surface area contributed by atoms with Gasteiger partial charge in [-0.3, -0.25) is 14.3 Å². The van der Waals surface area contributed by atoms with Gasteiger partial charge in [-0.05, 0) is 6.92 Å². The Kier molecular flexibility index (Phi) is 4.11. The van der Waals surface area contributed by atoms with Gasteiger partial charge in [-0.25, -0.2) is 4.79 Å². The van der Waals surface area contributed by atoms with Gasteiger partial charge >= 0.3 is 11.9 Å². The lowest BCUT2D eigenvalue weighted by molar-refractivity contribution is -0.124. The number of alkyl halides is 3. The van der Waals surface area contributed by atoms with Gasteiger partial charge in [-0.1, -0.05) is 0 Å². The Morgan fingerprint density at radius 3 is 2.65 bits per heavy atom. The minimum Gasteiger partial charge on any atom is -0.307 e. The van der Waals surface area contributed by atoms with E-state index in [2.05, 4.69) is 10.3 Å². The Labute approximate surface area is 94.3 Å². The van der Waals surface area contributed by atoms with Crippen molar-refractivity contribution in [3.63, 3.8) is 0 Å². The van der Waals surface area contributed by atoms with Crippen LogP contribution in [0.1, 0.15) is 5.56 Å². The minimum absolute atomic E-state index is 0.00903. The first-order valence-corrected chi connectivity index (χ1v) is 4.87. The summed E-state index contributed by atoms with van der Waals surface area (Å²) in [6.07, 6.45) is -2.96. The molecular formula is C9H12F3N3O2. The summed E-state index contributed by atoms with van der Waals surface area (Å²) in [6, 6.07) is 0. The largest absolute Gasteiger partial charge is 0.401 e. The number of hydrogen-bond acceptors (Lipinski definition) is 3. The smallest absolute Gasteiger partial charge is 0.307 e. The molecule has 0 saturated carbocycles. The van der Waals surface area contributed by atoms with Crippen molar-refractivity contribution >= 4 is 0 Å². The van der Waals surface area contributed by atoms with Gasteiger partial charge in [-0.2, -0.15) is 13.2 Å². The Balaban J connectivity index is 2.56. The van der Waals surface area contributed by atoms with E-state index >= 15 is 0 Å². The second-order valence-corrected chi connectivity index (χ2v) is 3.56. The highest BCUT2D eigenvalue weighted by Crippen LogP contribution is 2.11. The van der Waals surface area contributed by atoms with Crippen molar-refractivity contribution in [3.8, 4) is 0 Å². The van der Waals surface area contributed by atoms with Crippen LogP contribution in [0.3, 0.4) is 0 Å². The molecule has 96 valence electrons. The van der Waals surface area contributed by atoms with Gasteiger partial charge < -0.3 is 5.32 Å². The van der Waals surface area contributed by atoms with Crippen LogP contribution in [-0.4, -0.2) is 28.8 Å². The summed E-state index contributed by atoms with van der Waals surface area (Å²) in [5.41, 5.74) is -0.788. The van der Waals surface area contributed by atoms with Gasteiger partial charge in [0.25, 0.3) is 5.56 Å². The zero-order valence-corrected chi connectivity index (χ0v) is 9.10. The molecule has 2 N–H and O–H groups in total. The number of aromatic nitrogens is 2.